The standard InChI is InChI=1S/C9H11NO2/c1-7-8(4-3-5-10-7)6-9(11)12-2/h3-5H,6H2,1-2H3. The van der Waals surface area contributed by atoms with Crippen molar-refractivity contribution in [1.29, 1.82) is 0 Å². The second-order valence-corrected chi connectivity index (χ2v) is 2.50. The van der Waals surface area contributed by atoms with Crippen molar-refractivity contribution in [1.82, 2.24) is 4.98 Å². The average molecular weight is 165 g/mol. The van der Waals surface area contributed by atoms with Crippen LogP contribution in [0.25, 0.3) is 0 Å². The molecule has 0 aliphatic rings. The zero-order valence-electron chi connectivity index (χ0n) is 7.20. The van der Waals surface area contributed by atoms with Gasteiger partial charge in [0.1, 0.15) is 0 Å². The molecule has 0 aliphatic heterocycles. The van der Waals surface area contributed by atoms with Crippen LogP contribution in [-0.4, -0.2) is 18.1 Å². The van der Waals surface area contributed by atoms with Crippen LogP contribution in [0.5, 0.6) is 0 Å². The van der Waals surface area contributed by atoms with Crippen molar-refractivity contribution in [3.05, 3.63) is 29.6 Å². The van der Waals surface area contributed by atoms with Crippen molar-refractivity contribution in [2.45, 2.75) is 13.3 Å². The van der Waals surface area contributed by atoms with E-state index < -0.39 is 0 Å². The van der Waals surface area contributed by atoms with Crippen LogP contribution in [-0.2, 0) is 16.0 Å². The summed E-state index contributed by atoms with van der Waals surface area (Å²) in [5, 5.41) is 0. The van der Waals surface area contributed by atoms with Gasteiger partial charge in [-0.1, -0.05) is 6.07 Å². The van der Waals surface area contributed by atoms with Gasteiger partial charge < -0.3 is 4.74 Å². The summed E-state index contributed by atoms with van der Waals surface area (Å²) in [6.45, 7) is 1.87. The molecule has 1 heterocycles. The minimum atomic E-state index is -0.230. The lowest BCUT2D eigenvalue weighted by Crippen LogP contribution is -2.06. The van der Waals surface area contributed by atoms with Gasteiger partial charge in [0.25, 0.3) is 0 Å². The minimum absolute atomic E-state index is 0.230. The Kier molecular flexibility index (Phi) is 2.80. The molecule has 3 nitrogen and oxygen atoms in total. The van der Waals surface area contributed by atoms with Crippen LogP contribution < -0.4 is 0 Å². The van der Waals surface area contributed by atoms with Gasteiger partial charge >= 0.3 is 5.97 Å². The summed E-state index contributed by atoms with van der Waals surface area (Å²) in [7, 11) is 1.38. The van der Waals surface area contributed by atoms with E-state index >= 15 is 0 Å². The summed E-state index contributed by atoms with van der Waals surface area (Å²) in [4.78, 5) is 14.9. The molecule has 0 aromatic carbocycles. The highest BCUT2D eigenvalue weighted by molar-refractivity contribution is 5.72. The smallest absolute Gasteiger partial charge is 0.310 e. The van der Waals surface area contributed by atoms with Gasteiger partial charge in [0.15, 0.2) is 0 Å². The first-order chi connectivity index (χ1) is 5.74. The Hall–Kier alpha value is -1.38. The fourth-order valence-electron chi connectivity index (χ4n) is 0.932. The number of aryl methyl sites for hydroxylation is 1. The van der Waals surface area contributed by atoms with E-state index in [9.17, 15) is 4.79 Å². The predicted molar refractivity (Wildman–Crippen MR) is 44.7 cm³/mol. The first-order valence-electron chi connectivity index (χ1n) is 3.71. The molecule has 0 N–H and O–H groups in total. The number of carbonyl (C=O) groups is 1. The molecule has 0 unspecified atom stereocenters. The van der Waals surface area contributed by atoms with Crippen molar-refractivity contribution in [2.24, 2.45) is 0 Å². The van der Waals surface area contributed by atoms with Crippen molar-refractivity contribution < 1.29 is 9.53 Å². The third-order valence-electron chi connectivity index (χ3n) is 1.68. The Morgan fingerprint density at radius 2 is 2.42 bits per heavy atom. The fraction of sp³-hybridized carbons (Fsp3) is 0.333. The normalized spacial score (nSPS) is 9.50. The Morgan fingerprint density at radius 3 is 3.00 bits per heavy atom. The summed E-state index contributed by atoms with van der Waals surface area (Å²) in [6, 6.07) is 3.69. The number of ether oxygens (including phenoxy) is 1. The molecule has 0 saturated carbocycles. The molecule has 1 aromatic heterocycles. The van der Waals surface area contributed by atoms with Gasteiger partial charge in [0.2, 0.25) is 0 Å². The van der Waals surface area contributed by atoms with Crippen LogP contribution in [0.4, 0.5) is 0 Å². The Morgan fingerprint density at radius 1 is 1.67 bits per heavy atom. The molecule has 3 heteroatoms. The zero-order chi connectivity index (χ0) is 8.97. The van der Waals surface area contributed by atoms with Crippen molar-refractivity contribution in [3.8, 4) is 0 Å². The SMILES string of the molecule is COC(=O)Cc1cccnc1C. The highest BCUT2D eigenvalue weighted by Crippen LogP contribution is 2.04. The van der Waals surface area contributed by atoms with Gasteiger partial charge in [-0.3, -0.25) is 9.78 Å². The summed E-state index contributed by atoms with van der Waals surface area (Å²) in [5.74, 6) is -0.230. The molecule has 0 fully saturated rings. The van der Waals surface area contributed by atoms with E-state index in [-0.39, 0.29) is 5.97 Å². The van der Waals surface area contributed by atoms with Crippen LogP contribution in [0, 0.1) is 6.92 Å². The van der Waals surface area contributed by atoms with E-state index in [1.165, 1.54) is 7.11 Å². The summed E-state index contributed by atoms with van der Waals surface area (Å²) < 4.78 is 4.54. The number of nitrogens with zero attached hydrogens (tertiary/aromatic N) is 1. The van der Waals surface area contributed by atoms with Gasteiger partial charge in [-0.05, 0) is 18.6 Å². The molecule has 0 radical (unpaired) electrons. The lowest BCUT2D eigenvalue weighted by molar-refractivity contribution is -0.139. The topological polar surface area (TPSA) is 39.2 Å². The van der Waals surface area contributed by atoms with E-state index in [1.807, 2.05) is 19.1 Å². The van der Waals surface area contributed by atoms with E-state index in [4.69, 9.17) is 0 Å². The number of hydrogen-bond donors (Lipinski definition) is 0. The van der Waals surface area contributed by atoms with Gasteiger partial charge in [-0.15, -0.1) is 0 Å². The van der Waals surface area contributed by atoms with Gasteiger partial charge in [-0.2, -0.15) is 0 Å². The van der Waals surface area contributed by atoms with E-state index in [1.54, 1.807) is 6.20 Å². The highest BCUT2D eigenvalue weighted by atomic mass is 16.5. The maximum Gasteiger partial charge on any atom is 0.310 e. The van der Waals surface area contributed by atoms with E-state index in [0.717, 1.165) is 11.3 Å². The monoisotopic (exact) mass is 165 g/mol. The van der Waals surface area contributed by atoms with Crippen LogP contribution in [0.3, 0.4) is 0 Å². The molecular formula is C9H11NO2. The molecule has 0 aliphatic carbocycles. The molecule has 0 spiro atoms. The molecule has 0 amide bonds. The number of pyridine rings is 1. The number of aromatic nitrogens is 1. The third kappa shape index (κ3) is 2.05. The Labute approximate surface area is 71.4 Å². The molecule has 0 bridgehead atoms. The van der Waals surface area contributed by atoms with Gasteiger partial charge in [-0.25, -0.2) is 0 Å². The minimum Gasteiger partial charge on any atom is -0.469 e. The maximum absolute atomic E-state index is 10.9. The molecule has 1 aromatic rings. The largest absolute Gasteiger partial charge is 0.469 e. The quantitative estimate of drug-likeness (QED) is 0.616. The molecular weight excluding hydrogens is 154 g/mol. The number of carbonyl (C=O) groups excluding carboxylic acids is 1. The lowest BCUT2D eigenvalue weighted by atomic mass is 10.1. The van der Waals surface area contributed by atoms with Crippen LogP contribution in [0.15, 0.2) is 18.3 Å². The van der Waals surface area contributed by atoms with Crippen molar-refractivity contribution in [3.63, 3.8) is 0 Å². The average Bonchev–Trinajstić information content (AvgIpc) is 2.09. The maximum atomic E-state index is 10.9. The number of hydrogen-bond acceptors (Lipinski definition) is 3. The molecule has 64 valence electrons. The molecule has 0 saturated heterocycles. The number of methoxy groups -OCH3 is 1. The zero-order valence-corrected chi connectivity index (χ0v) is 7.20. The van der Waals surface area contributed by atoms with Crippen molar-refractivity contribution in [2.75, 3.05) is 7.11 Å². The van der Waals surface area contributed by atoms with Crippen LogP contribution in [0.1, 0.15) is 11.3 Å². The lowest BCUT2D eigenvalue weighted by Gasteiger charge is -2.01. The molecule has 12 heavy (non-hydrogen) atoms. The van der Waals surface area contributed by atoms with Crippen LogP contribution >= 0.6 is 0 Å². The Bertz CT molecular complexity index is 284. The second kappa shape index (κ2) is 3.85. The number of rotatable bonds is 2. The van der Waals surface area contributed by atoms with E-state index in [2.05, 4.69) is 9.72 Å². The number of esters is 1. The fourth-order valence-corrected chi connectivity index (χ4v) is 0.932. The van der Waals surface area contributed by atoms with Gasteiger partial charge in [0.05, 0.1) is 13.5 Å². The highest BCUT2D eigenvalue weighted by Gasteiger charge is 2.04. The second-order valence-electron chi connectivity index (χ2n) is 2.50. The predicted octanol–water partition coefficient (Wildman–Crippen LogP) is 1.11. The molecule has 1 rings (SSSR count). The first-order valence-corrected chi connectivity index (χ1v) is 3.71. The Balaban J connectivity index is 2.75. The summed E-state index contributed by atoms with van der Waals surface area (Å²) >= 11 is 0. The van der Waals surface area contributed by atoms with E-state index in [0.29, 0.717) is 6.42 Å². The first kappa shape index (κ1) is 8.71. The van der Waals surface area contributed by atoms with Crippen molar-refractivity contribution >= 4 is 5.97 Å². The summed E-state index contributed by atoms with van der Waals surface area (Å²) in [5.41, 5.74) is 1.80. The molecule has 0 atom stereocenters. The van der Waals surface area contributed by atoms with Crippen LogP contribution in [0.2, 0.25) is 0 Å². The third-order valence-corrected chi connectivity index (χ3v) is 1.68. The summed E-state index contributed by atoms with van der Waals surface area (Å²) in [6.07, 6.45) is 2.01. The van der Waals surface area contributed by atoms with Gasteiger partial charge in [0, 0.05) is 11.9 Å².